The highest BCUT2D eigenvalue weighted by molar-refractivity contribution is 5.79. The van der Waals surface area contributed by atoms with Crippen molar-refractivity contribution in [2.45, 2.75) is 32.2 Å². The zero-order valence-corrected chi connectivity index (χ0v) is 14.9. The number of nitrogens with zero attached hydrogens (tertiary/aromatic N) is 2. The molecule has 1 N–H and O–H groups in total. The number of rotatable bonds is 5. The summed E-state index contributed by atoms with van der Waals surface area (Å²) in [4.78, 5) is 18.8. The molecular weight excluding hydrogens is 314 g/mol. The van der Waals surface area contributed by atoms with Gasteiger partial charge in [-0.15, -0.1) is 0 Å². The number of aromatic nitrogens is 1. The zero-order chi connectivity index (χ0) is 17.6. The Morgan fingerprint density at radius 2 is 2.28 bits per heavy atom. The fraction of sp³-hybridized carbons (Fsp3) is 0.400. The van der Waals surface area contributed by atoms with E-state index in [9.17, 15) is 4.79 Å². The number of hydrogen-bond donors (Lipinski definition) is 1. The standard InChI is InChI=1S/C20H25N3O2/c1-15-13-21-9-8-16(15)11-20(24)22-17-5-4-10-23(14-17)18-6-3-7-19(12-18)25-2/h3,6-9,12-13,17H,4-5,10-11,14H2,1-2H3,(H,22,24)/t17-/m1/s1. The SMILES string of the molecule is COc1cccc(N2CCC[C@@H](NC(=O)Cc3ccncc3C)C2)c1. The summed E-state index contributed by atoms with van der Waals surface area (Å²) in [6.45, 7) is 3.82. The van der Waals surface area contributed by atoms with Crippen molar-refractivity contribution in [2.24, 2.45) is 0 Å². The maximum atomic E-state index is 12.4. The molecule has 2 aromatic rings. The summed E-state index contributed by atoms with van der Waals surface area (Å²) < 4.78 is 5.31. The quantitative estimate of drug-likeness (QED) is 0.910. The van der Waals surface area contributed by atoms with Crippen LogP contribution in [-0.2, 0) is 11.2 Å². The van der Waals surface area contributed by atoms with Gasteiger partial charge in [-0.3, -0.25) is 9.78 Å². The topological polar surface area (TPSA) is 54.5 Å². The van der Waals surface area contributed by atoms with E-state index in [0.717, 1.165) is 48.5 Å². The lowest BCUT2D eigenvalue weighted by molar-refractivity contribution is -0.121. The molecule has 1 aromatic heterocycles. The second-order valence-corrected chi connectivity index (χ2v) is 6.53. The van der Waals surface area contributed by atoms with Crippen molar-refractivity contribution in [1.29, 1.82) is 0 Å². The number of carbonyl (C=O) groups is 1. The van der Waals surface area contributed by atoms with Crippen molar-refractivity contribution < 1.29 is 9.53 Å². The van der Waals surface area contributed by atoms with Crippen LogP contribution in [0.5, 0.6) is 5.75 Å². The van der Waals surface area contributed by atoms with Gasteiger partial charge in [0.15, 0.2) is 0 Å². The van der Waals surface area contributed by atoms with E-state index in [1.807, 2.05) is 31.2 Å². The number of carbonyl (C=O) groups excluding carboxylic acids is 1. The Bertz CT molecular complexity index is 732. The number of methoxy groups -OCH3 is 1. The summed E-state index contributed by atoms with van der Waals surface area (Å²) in [6, 6.07) is 10.2. The average Bonchev–Trinajstić information content (AvgIpc) is 2.64. The van der Waals surface area contributed by atoms with E-state index >= 15 is 0 Å². The lowest BCUT2D eigenvalue weighted by atomic mass is 10.0. The van der Waals surface area contributed by atoms with Gasteiger partial charge in [0, 0.05) is 43.3 Å². The highest BCUT2D eigenvalue weighted by atomic mass is 16.5. The largest absolute Gasteiger partial charge is 0.497 e. The molecule has 1 aliphatic heterocycles. The first kappa shape index (κ1) is 17.3. The van der Waals surface area contributed by atoms with Gasteiger partial charge in [0.2, 0.25) is 5.91 Å². The molecule has 0 radical (unpaired) electrons. The second kappa shape index (κ2) is 8.01. The molecule has 1 saturated heterocycles. The summed E-state index contributed by atoms with van der Waals surface area (Å²) in [7, 11) is 1.68. The molecule has 0 bridgehead atoms. The lowest BCUT2D eigenvalue weighted by Crippen LogP contribution is -2.48. The first-order valence-corrected chi connectivity index (χ1v) is 8.73. The van der Waals surface area contributed by atoms with Crippen molar-refractivity contribution in [3.63, 3.8) is 0 Å². The molecule has 1 atom stereocenters. The van der Waals surface area contributed by atoms with Crippen LogP contribution in [0, 0.1) is 6.92 Å². The predicted octanol–water partition coefficient (Wildman–Crippen LogP) is 2.73. The first-order chi connectivity index (χ1) is 12.2. The minimum Gasteiger partial charge on any atom is -0.497 e. The van der Waals surface area contributed by atoms with Gasteiger partial charge in [-0.05, 0) is 49.1 Å². The normalized spacial score (nSPS) is 17.2. The van der Waals surface area contributed by atoms with Gasteiger partial charge in [-0.1, -0.05) is 6.07 Å². The molecule has 5 heteroatoms. The van der Waals surface area contributed by atoms with Crippen molar-refractivity contribution >= 4 is 11.6 Å². The molecule has 0 aliphatic carbocycles. The van der Waals surface area contributed by atoms with Crippen molar-refractivity contribution in [2.75, 3.05) is 25.1 Å². The van der Waals surface area contributed by atoms with Gasteiger partial charge in [0.1, 0.15) is 5.75 Å². The minimum atomic E-state index is 0.0757. The van der Waals surface area contributed by atoms with E-state index in [2.05, 4.69) is 21.3 Å². The van der Waals surface area contributed by atoms with E-state index in [0.29, 0.717) is 6.42 Å². The van der Waals surface area contributed by atoms with E-state index in [1.165, 1.54) is 0 Å². The molecule has 1 aliphatic rings. The molecule has 2 heterocycles. The Hall–Kier alpha value is -2.56. The fourth-order valence-corrected chi connectivity index (χ4v) is 3.29. The molecular formula is C20H25N3O2. The van der Waals surface area contributed by atoms with Crippen LogP contribution in [0.15, 0.2) is 42.7 Å². The van der Waals surface area contributed by atoms with Crippen molar-refractivity contribution in [1.82, 2.24) is 10.3 Å². The minimum absolute atomic E-state index is 0.0757. The van der Waals surface area contributed by atoms with Crippen molar-refractivity contribution in [3.05, 3.63) is 53.9 Å². The molecule has 1 amide bonds. The number of amides is 1. The van der Waals surface area contributed by atoms with Crippen LogP contribution in [0.1, 0.15) is 24.0 Å². The predicted molar refractivity (Wildman–Crippen MR) is 99.0 cm³/mol. The third-order valence-corrected chi connectivity index (χ3v) is 4.69. The molecule has 3 rings (SSSR count). The van der Waals surface area contributed by atoms with Crippen LogP contribution >= 0.6 is 0 Å². The Kier molecular flexibility index (Phi) is 5.53. The summed E-state index contributed by atoms with van der Waals surface area (Å²) in [5, 5.41) is 3.19. The van der Waals surface area contributed by atoms with E-state index in [1.54, 1.807) is 19.5 Å². The van der Waals surface area contributed by atoms with Crippen LogP contribution in [0.4, 0.5) is 5.69 Å². The summed E-state index contributed by atoms with van der Waals surface area (Å²) >= 11 is 0. The van der Waals surface area contributed by atoms with Gasteiger partial charge < -0.3 is 15.0 Å². The Morgan fingerprint density at radius 1 is 1.40 bits per heavy atom. The molecule has 25 heavy (non-hydrogen) atoms. The summed E-state index contributed by atoms with van der Waals surface area (Å²) in [5.74, 6) is 0.934. The highest BCUT2D eigenvalue weighted by Gasteiger charge is 2.22. The number of benzene rings is 1. The smallest absolute Gasteiger partial charge is 0.224 e. The zero-order valence-electron chi connectivity index (χ0n) is 14.9. The van der Waals surface area contributed by atoms with Crippen LogP contribution in [-0.4, -0.2) is 37.1 Å². The maximum Gasteiger partial charge on any atom is 0.224 e. The van der Waals surface area contributed by atoms with Crippen LogP contribution in [0.3, 0.4) is 0 Å². The van der Waals surface area contributed by atoms with Gasteiger partial charge in [-0.25, -0.2) is 0 Å². The highest BCUT2D eigenvalue weighted by Crippen LogP contribution is 2.24. The number of piperidine rings is 1. The molecule has 5 nitrogen and oxygen atoms in total. The molecule has 1 fully saturated rings. The van der Waals surface area contributed by atoms with Crippen LogP contribution < -0.4 is 15.0 Å². The van der Waals surface area contributed by atoms with Gasteiger partial charge in [0.05, 0.1) is 13.5 Å². The fourth-order valence-electron chi connectivity index (χ4n) is 3.29. The molecule has 132 valence electrons. The first-order valence-electron chi connectivity index (χ1n) is 8.73. The van der Waals surface area contributed by atoms with E-state index in [4.69, 9.17) is 4.74 Å². The second-order valence-electron chi connectivity index (χ2n) is 6.53. The number of anilines is 1. The molecule has 0 spiro atoms. The third-order valence-electron chi connectivity index (χ3n) is 4.69. The number of aryl methyl sites for hydroxylation is 1. The number of ether oxygens (including phenoxy) is 1. The van der Waals surface area contributed by atoms with E-state index < -0.39 is 0 Å². The van der Waals surface area contributed by atoms with Crippen molar-refractivity contribution in [3.8, 4) is 5.75 Å². The number of hydrogen-bond acceptors (Lipinski definition) is 4. The number of nitrogens with one attached hydrogen (secondary N) is 1. The van der Waals surface area contributed by atoms with E-state index in [-0.39, 0.29) is 11.9 Å². The molecule has 0 unspecified atom stereocenters. The van der Waals surface area contributed by atoms with Gasteiger partial charge in [-0.2, -0.15) is 0 Å². The monoisotopic (exact) mass is 339 g/mol. The summed E-state index contributed by atoms with van der Waals surface area (Å²) in [5.41, 5.74) is 3.23. The lowest BCUT2D eigenvalue weighted by Gasteiger charge is -2.35. The van der Waals surface area contributed by atoms with Gasteiger partial charge >= 0.3 is 0 Å². The van der Waals surface area contributed by atoms with Gasteiger partial charge in [0.25, 0.3) is 0 Å². The molecule has 0 saturated carbocycles. The Morgan fingerprint density at radius 3 is 3.08 bits per heavy atom. The van der Waals surface area contributed by atoms with Crippen LogP contribution in [0.2, 0.25) is 0 Å². The number of pyridine rings is 1. The molecule has 1 aromatic carbocycles. The van der Waals surface area contributed by atoms with Crippen LogP contribution in [0.25, 0.3) is 0 Å². The Balaban J connectivity index is 1.59. The summed E-state index contributed by atoms with van der Waals surface area (Å²) in [6.07, 6.45) is 6.02. The maximum absolute atomic E-state index is 12.4. The average molecular weight is 339 g/mol. The Labute approximate surface area is 149 Å². The third kappa shape index (κ3) is 4.50.